The lowest BCUT2D eigenvalue weighted by molar-refractivity contribution is -0.123. The third-order valence-electron chi connectivity index (χ3n) is 2.23. The Morgan fingerprint density at radius 1 is 1.29 bits per heavy atom. The highest BCUT2D eigenvalue weighted by molar-refractivity contribution is 7.90. The first-order chi connectivity index (χ1) is 7.93. The molecule has 0 heterocycles. The van der Waals surface area contributed by atoms with Crippen LogP contribution in [0, 0.1) is 0 Å². The Morgan fingerprint density at radius 3 is 2.35 bits per heavy atom. The van der Waals surface area contributed by atoms with Gasteiger partial charge in [0.25, 0.3) is 0 Å². The van der Waals surface area contributed by atoms with Crippen LogP contribution in [0.15, 0.2) is 29.2 Å². The van der Waals surface area contributed by atoms with Crippen LogP contribution in [0.3, 0.4) is 0 Å². The lowest BCUT2D eigenvalue weighted by Gasteiger charge is -2.04. The minimum atomic E-state index is -3.16. The van der Waals surface area contributed by atoms with E-state index in [0.717, 1.165) is 11.8 Å². The van der Waals surface area contributed by atoms with Gasteiger partial charge in [-0.1, -0.05) is 12.1 Å². The van der Waals surface area contributed by atoms with Crippen LogP contribution in [0.2, 0.25) is 0 Å². The molecule has 0 bridgehead atoms. The highest BCUT2D eigenvalue weighted by Crippen LogP contribution is 2.10. The quantitative estimate of drug-likeness (QED) is 0.761. The topological polar surface area (TPSA) is 83.5 Å². The molecule has 0 spiro atoms. The zero-order valence-corrected chi connectivity index (χ0v) is 10.3. The van der Waals surface area contributed by atoms with E-state index in [0.29, 0.717) is 13.0 Å². The van der Waals surface area contributed by atoms with Gasteiger partial charge in [0.15, 0.2) is 9.84 Å². The van der Waals surface area contributed by atoms with E-state index >= 15 is 0 Å². The Balaban J connectivity index is 2.55. The van der Waals surface area contributed by atoms with Crippen molar-refractivity contribution in [2.45, 2.75) is 11.3 Å². The highest BCUT2D eigenvalue weighted by Gasteiger charge is 2.06. The molecule has 17 heavy (non-hydrogen) atoms. The Labute approximate surface area is 100 Å². The fraction of sp³-hybridized carbons (Fsp3) is 0.364. The average molecular weight is 257 g/mol. The maximum atomic E-state index is 11.2. The highest BCUT2D eigenvalue weighted by atomic mass is 32.2. The third-order valence-corrected chi connectivity index (χ3v) is 3.36. The van der Waals surface area contributed by atoms with Crippen molar-refractivity contribution in [3.8, 4) is 0 Å². The molecule has 5 nitrogen and oxygen atoms in total. The first kappa shape index (κ1) is 13.7. The van der Waals surface area contributed by atoms with Gasteiger partial charge in [0.05, 0.1) is 4.90 Å². The van der Waals surface area contributed by atoms with Crippen molar-refractivity contribution in [3.05, 3.63) is 29.8 Å². The van der Waals surface area contributed by atoms with Gasteiger partial charge in [-0.05, 0) is 24.1 Å². The predicted octanol–water partition coefficient (Wildman–Crippen LogP) is -0.259. The van der Waals surface area contributed by atoms with Gasteiger partial charge in [-0.2, -0.15) is 0 Å². The van der Waals surface area contributed by atoms with Crippen molar-refractivity contribution in [2.24, 2.45) is 0 Å². The molecular weight excluding hydrogens is 242 g/mol. The maximum absolute atomic E-state index is 11.2. The number of amides is 1. The van der Waals surface area contributed by atoms with Gasteiger partial charge < -0.3 is 10.4 Å². The molecule has 1 aromatic rings. The summed E-state index contributed by atoms with van der Waals surface area (Å²) in [5.74, 6) is -0.419. The number of hydrogen-bond acceptors (Lipinski definition) is 4. The van der Waals surface area contributed by atoms with Crippen LogP contribution < -0.4 is 5.32 Å². The second-order valence-electron chi connectivity index (χ2n) is 3.67. The molecule has 0 saturated heterocycles. The SMILES string of the molecule is CS(=O)(=O)c1ccc(CCNC(=O)CO)cc1. The van der Waals surface area contributed by atoms with E-state index in [1.165, 1.54) is 0 Å². The number of aliphatic hydroxyl groups excluding tert-OH is 1. The number of carbonyl (C=O) groups excluding carboxylic acids is 1. The summed E-state index contributed by atoms with van der Waals surface area (Å²) in [5, 5.41) is 11.0. The molecule has 0 aliphatic rings. The van der Waals surface area contributed by atoms with Gasteiger partial charge in [-0.25, -0.2) is 8.42 Å². The van der Waals surface area contributed by atoms with Gasteiger partial charge in [-0.15, -0.1) is 0 Å². The smallest absolute Gasteiger partial charge is 0.245 e. The van der Waals surface area contributed by atoms with Crippen LogP contribution in [0.5, 0.6) is 0 Å². The average Bonchev–Trinajstić information content (AvgIpc) is 2.28. The summed E-state index contributed by atoms with van der Waals surface area (Å²) in [6.07, 6.45) is 1.75. The van der Waals surface area contributed by atoms with E-state index in [9.17, 15) is 13.2 Å². The fourth-order valence-electron chi connectivity index (χ4n) is 1.31. The molecule has 0 aromatic heterocycles. The Bertz CT molecular complexity index is 479. The number of rotatable bonds is 5. The first-order valence-electron chi connectivity index (χ1n) is 5.10. The molecule has 6 heteroatoms. The summed E-state index contributed by atoms with van der Waals surface area (Å²) in [5.41, 5.74) is 0.927. The van der Waals surface area contributed by atoms with Crippen molar-refractivity contribution in [1.29, 1.82) is 0 Å². The van der Waals surface area contributed by atoms with E-state index in [1.54, 1.807) is 24.3 Å². The number of benzene rings is 1. The molecule has 0 saturated carbocycles. The number of aliphatic hydroxyl groups is 1. The summed E-state index contributed by atoms with van der Waals surface area (Å²) >= 11 is 0. The summed E-state index contributed by atoms with van der Waals surface area (Å²) in [6.45, 7) is -0.107. The van der Waals surface area contributed by atoms with Crippen molar-refractivity contribution in [1.82, 2.24) is 5.32 Å². The monoisotopic (exact) mass is 257 g/mol. The summed E-state index contributed by atoms with van der Waals surface area (Å²) < 4.78 is 22.4. The largest absolute Gasteiger partial charge is 0.387 e. The summed E-state index contributed by atoms with van der Waals surface area (Å²) in [4.78, 5) is 11.0. The Morgan fingerprint density at radius 2 is 1.88 bits per heavy atom. The number of hydrogen-bond donors (Lipinski definition) is 2. The first-order valence-corrected chi connectivity index (χ1v) is 6.99. The van der Waals surface area contributed by atoms with Gasteiger partial charge in [0.1, 0.15) is 6.61 Å². The maximum Gasteiger partial charge on any atom is 0.245 e. The summed E-state index contributed by atoms with van der Waals surface area (Å²) in [7, 11) is -3.16. The van der Waals surface area contributed by atoms with E-state index in [4.69, 9.17) is 5.11 Å². The minimum absolute atomic E-state index is 0.278. The van der Waals surface area contributed by atoms with E-state index < -0.39 is 22.4 Å². The van der Waals surface area contributed by atoms with Gasteiger partial charge in [0, 0.05) is 12.8 Å². The molecule has 1 amide bonds. The van der Waals surface area contributed by atoms with Crippen LogP contribution in [-0.4, -0.2) is 38.8 Å². The van der Waals surface area contributed by atoms with E-state index in [-0.39, 0.29) is 4.90 Å². The van der Waals surface area contributed by atoms with Crippen molar-refractivity contribution >= 4 is 15.7 Å². The van der Waals surface area contributed by atoms with E-state index in [1.807, 2.05) is 0 Å². The van der Waals surface area contributed by atoms with Crippen molar-refractivity contribution in [3.63, 3.8) is 0 Å². The lowest BCUT2D eigenvalue weighted by Crippen LogP contribution is -2.28. The standard InChI is InChI=1S/C11H15NO4S/c1-17(15,16)10-4-2-9(3-5-10)6-7-12-11(14)8-13/h2-5,13H,6-8H2,1H3,(H,12,14). The van der Waals surface area contributed by atoms with Gasteiger partial charge >= 0.3 is 0 Å². The second-order valence-corrected chi connectivity index (χ2v) is 5.69. The molecule has 0 fully saturated rings. The Kier molecular flexibility index (Phi) is 4.65. The number of carbonyl (C=O) groups is 1. The van der Waals surface area contributed by atoms with Gasteiger partial charge in [-0.3, -0.25) is 4.79 Å². The van der Waals surface area contributed by atoms with Crippen LogP contribution in [-0.2, 0) is 21.1 Å². The molecule has 1 aromatic carbocycles. The third kappa shape index (κ3) is 4.54. The summed E-state index contributed by atoms with van der Waals surface area (Å²) in [6, 6.07) is 6.50. The van der Waals surface area contributed by atoms with Crippen molar-refractivity contribution < 1.29 is 18.3 Å². The normalized spacial score (nSPS) is 11.2. The molecule has 2 N–H and O–H groups in total. The predicted molar refractivity (Wildman–Crippen MR) is 63.4 cm³/mol. The zero-order chi connectivity index (χ0) is 12.9. The number of nitrogens with one attached hydrogen (secondary N) is 1. The van der Waals surface area contributed by atoms with Gasteiger partial charge in [0.2, 0.25) is 5.91 Å². The molecule has 0 unspecified atom stereocenters. The lowest BCUT2D eigenvalue weighted by atomic mass is 10.1. The van der Waals surface area contributed by atoms with Crippen LogP contribution >= 0.6 is 0 Å². The molecular formula is C11H15NO4S. The van der Waals surface area contributed by atoms with E-state index in [2.05, 4.69) is 5.32 Å². The molecule has 0 atom stereocenters. The fourth-order valence-corrected chi connectivity index (χ4v) is 1.94. The van der Waals surface area contributed by atoms with Crippen LogP contribution in [0.4, 0.5) is 0 Å². The van der Waals surface area contributed by atoms with Crippen LogP contribution in [0.25, 0.3) is 0 Å². The molecule has 0 aliphatic heterocycles. The zero-order valence-electron chi connectivity index (χ0n) is 9.51. The van der Waals surface area contributed by atoms with Crippen LogP contribution in [0.1, 0.15) is 5.56 Å². The molecule has 94 valence electrons. The minimum Gasteiger partial charge on any atom is -0.387 e. The molecule has 1 rings (SSSR count). The van der Waals surface area contributed by atoms with Crippen molar-refractivity contribution in [2.75, 3.05) is 19.4 Å². The number of sulfone groups is 1. The Hall–Kier alpha value is -1.40. The second kappa shape index (κ2) is 5.79. The molecule has 0 aliphatic carbocycles. The molecule has 0 radical (unpaired) electrons.